The fraction of sp³-hybridized carbons (Fsp3) is 0.512. The standard InChI is InChI=1S/C41H59NO4SSi2/c1-40(2,3)48(8,9)45-33-21-17-31(18-22-33)39-37(35-24-23-34(29-36(35)47-39)46-49(10,11)41(4,5)6)38(43-7)30-15-19-32(20-16-30)44-28-27-42-25-13-12-14-26-42/h15-24,29,38H,12-14,25-28H2,1-11H3. The number of hydrogen-bond donors (Lipinski definition) is 0. The highest BCUT2D eigenvalue weighted by molar-refractivity contribution is 7.22. The van der Waals surface area contributed by atoms with Gasteiger partial charge in [0.1, 0.15) is 30.0 Å². The summed E-state index contributed by atoms with van der Waals surface area (Å²) >= 11 is 1.81. The highest BCUT2D eigenvalue weighted by atomic mass is 32.1. The van der Waals surface area contributed by atoms with Crippen molar-refractivity contribution in [2.75, 3.05) is 33.4 Å². The maximum atomic E-state index is 6.76. The molecule has 0 spiro atoms. The molecular formula is C41H59NO4SSi2. The van der Waals surface area contributed by atoms with Crippen LogP contribution in [0.5, 0.6) is 17.2 Å². The highest BCUT2D eigenvalue weighted by Gasteiger charge is 2.40. The number of hydrogen-bond acceptors (Lipinski definition) is 6. The smallest absolute Gasteiger partial charge is 0.250 e. The Bertz CT molecular complexity index is 1680. The van der Waals surface area contributed by atoms with Crippen LogP contribution in [0.2, 0.25) is 36.3 Å². The van der Waals surface area contributed by atoms with E-state index in [9.17, 15) is 0 Å². The molecule has 3 aromatic carbocycles. The second kappa shape index (κ2) is 14.9. The number of benzene rings is 3. The molecule has 2 heterocycles. The minimum atomic E-state index is -2.00. The Morgan fingerprint density at radius 3 is 1.84 bits per heavy atom. The van der Waals surface area contributed by atoms with Gasteiger partial charge >= 0.3 is 0 Å². The Kier molecular flexibility index (Phi) is 11.5. The first-order valence-electron chi connectivity index (χ1n) is 18.0. The first kappa shape index (κ1) is 37.6. The van der Waals surface area contributed by atoms with E-state index >= 15 is 0 Å². The van der Waals surface area contributed by atoms with Crippen LogP contribution in [0.25, 0.3) is 20.5 Å². The molecule has 1 aliphatic rings. The van der Waals surface area contributed by atoms with Gasteiger partial charge in [0.25, 0.3) is 0 Å². The van der Waals surface area contributed by atoms with Crippen molar-refractivity contribution in [3.63, 3.8) is 0 Å². The van der Waals surface area contributed by atoms with Crippen LogP contribution in [-0.2, 0) is 4.74 Å². The zero-order chi connectivity index (χ0) is 35.6. The number of methoxy groups -OCH3 is 1. The molecule has 1 aromatic heterocycles. The van der Waals surface area contributed by atoms with Crippen LogP contribution < -0.4 is 13.6 Å². The summed E-state index contributed by atoms with van der Waals surface area (Å²) in [6.07, 6.45) is 3.70. The fourth-order valence-corrected chi connectivity index (χ4v) is 9.16. The molecule has 0 amide bonds. The predicted octanol–water partition coefficient (Wildman–Crippen LogP) is 11.9. The number of fused-ring (bicyclic) bond motifs is 1. The summed E-state index contributed by atoms with van der Waals surface area (Å²) in [5.74, 6) is 2.77. The third-order valence-electron chi connectivity index (χ3n) is 11.0. The van der Waals surface area contributed by atoms with Crippen LogP contribution in [0, 0.1) is 0 Å². The van der Waals surface area contributed by atoms with Gasteiger partial charge in [-0.3, -0.25) is 4.90 Å². The van der Waals surface area contributed by atoms with Crippen LogP contribution in [0.4, 0.5) is 0 Å². The Hall–Kier alpha value is -2.63. The predicted molar refractivity (Wildman–Crippen MR) is 214 cm³/mol. The summed E-state index contributed by atoms with van der Waals surface area (Å²) in [5.41, 5.74) is 3.44. The van der Waals surface area contributed by atoms with E-state index in [1.807, 2.05) is 18.4 Å². The number of rotatable bonds is 12. The van der Waals surface area contributed by atoms with Gasteiger partial charge in [-0.2, -0.15) is 0 Å². The van der Waals surface area contributed by atoms with E-state index in [-0.39, 0.29) is 16.2 Å². The van der Waals surface area contributed by atoms with Gasteiger partial charge in [0, 0.05) is 28.8 Å². The van der Waals surface area contributed by atoms with Crippen LogP contribution in [-0.4, -0.2) is 54.9 Å². The van der Waals surface area contributed by atoms with Crippen LogP contribution in [0.15, 0.2) is 66.7 Å². The number of piperidine rings is 1. The molecule has 5 rings (SSSR count). The third-order valence-corrected chi connectivity index (χ3v) is 20.9. The molecule has 8 heteroatoms. The third kappa shape index (κ3) is 8.82. The first-order chi connectivity index (χ1) is 23.0. The number of ether oxygens (including phenoxy) is 2. The van der Waals surface area contributed by atoms with E-state index < -0.39 is 16.6 Å². The summed E-state index contributed by atoms with van der Waals surface area (Å²) in [7, 11) is -2.13. The van der Waals surface area contributed by atoms with Gasteiger partial charge < -0.3 is 18.3 Å². The fourth-order valence-electron chi connectivity index (χ4n) is 5.84. The van der Waals surface area contributed by atoms with Gasteiger partial charge in [-0.05, 0) is 133 Å². The van der Waals surface area contributed by atoms with Gasteiger partial charge in [-0.25, -0.2) is 0 Å². The van der Waals surface area contributed by atoms with Gasteiger partial charge in [0.2, 0.25) is 16.6 Å². The molecule has 1 aliphatic heterocycles. The van der Waals surface area contributed by atoms with E-state index in [4.69, 9.17) is 18.3 Å². The number of thiophene rings is 1. The molecule has 5 nitrogen and oxygen atoms in total. The lowest BCUT2D eigenvalue weighted by molar-refractivity contribution is 0.138. The number of nitrogens with zero attached hydrogens (tertiary/aromatic N) is 1. The van der Waals surface area contributed by atoms with Gasteiger partial charge in [-0.1, -0.05) is 60.1 Å². The molecule has 1 fully saturated rings. The van der Waals surface area contributed by atoms with Crippen molar-refractivity contribution in [2.45, 2.75) is 103 Å². The topological polar surface area (TPSA) is 40.2 Å². The van der Waals surface area contributed by atoms with Crippen LogP contribution in [0.1, 0.15) is 78.0 Å². The van der Waals surface area contributed by atoms with E-state index in [0.29, 0.717) is 6.61 Å². The molecule has 1 saturated heterocycles. The molecule has 0 N–H and O–H groups in total. The van der Waals surface area contributed by atoms with Crippen molar-refractivity contribution in [3.05, 3.63) is 77.9 Å². The SMILES string of the molecule is COC(c1ccc(OCCN2CCCCC2)cc1)c1c(-c2ccc(O[Si](C)(C)C(C)(C)C)cc2)sc2cc(O[Si](C)(C)C(C)(C)C)ccc12. The molecule has 0 radical (unpaired) electrons. The van der Waals surface area contributed by atoms with Crippen molar-refractivity contribution < 1.29 is 18.3 Å². The lowest BCUT2D eigenvalue weighted by Gasteiger charge is -2.36. The zero-order valence-electron chi connectivity index (χ0n) is 31.9. The van der Waals surface area contributed by atoms with Crippen molar-refractivity contribution in [3.8, 4) is 27.7 Å². The summed E-state index contributed by atoms with van der Waals surface area (Å²) < 4.78 is 27.1. The van der Waals surface area contributed by atoms with Crippen molar-refractivity contribution in [2.24, 2.45) is 0 Å². The summed E-state index contributed by atoms with van der Waals surface area (Å²) in [6, 6.07) is 23.8. The van der Waals surface area contributed by atoms with Gasteiger partial charge in [0.05, 0.1) is 0 Å². The average Bonchev–Trinajstić information content (AvgIpc) is 3.40. The Morgan fingerprint density at radius 2 is 1.27 bits per heavy atom. The largest absolute Gasteiger partial charge is 0.544 e. The summed E-state index contributed by atoms with van der Waals surface area (Å²) in [4.78, 5) is 3.71. The second-order valence-corrected chi connectivity index (χ2v) is 27.2. The summed E-state index contributed by atoms with van der Waals surface area (Å²) in [6.45, 7) is 26.9. The first-order valence-corrected chi connectivity index (χ1v) is 24.7. The Labute approximate surface area is 302 Å². The van der Waals surface area contributed by atoms with Gasteiger partial charge in [-0.15, -0.1) is 11.3 Å². The quantitative estimate of drug-likeness (QED) is 0.136. The highest BCUT2D eigenvalue weighted by Crippen LogP contribution is 2.47. The van der Waals surface area contributed by atoms with E-state index in [1.165, 1.54) is 52.9 Å². The lowest BCUT2D eigenvalue weighted by atomic mass is 9.96. The van der Waals surface area contributed by atoms with Crippen molar-refractivity contribution in [1.82, 2.24) is 4.90 Å². The van der Waals surface area contributed by atoms with Crippen molar-refractivity contribution in [1.29, 1.82) is 0 Å². The van der Waals surface area contributed by atoms with Crippen LogP contribution >= 0.6 is 11.3 Å². The molecule has 0 saturated carbocycles. The molecule has 1 atom stereocenters. The lowest BCUT2D eigenvalue weighted by Crippen LogP contribution is -2.43. The monoisotopic (exact) mass is 717 g/mol. The van der Waals surface area contributed by atoms with E-state index in [0.717, 1.165) is 34.9 Å². The molecule has 266 valence electrons. The normalized spacial score (nSPS) is 15.7. The minimum absolute atomic E-state index is 0.118. The maximum Gasteiger partial charge on any atom is 0.250 e. The van der Waals surface area contributed by atoms with E-state index in [2.05, 4.69) is 139 Å². The van der Waals surface area contributed by atoms with Crippen molar-refractivity contribution >= 4 is 38.1 Å². The number of likely N-dealkylation sites (tertiary alicyclic amines) is 1. The molecule has 4 aromatic rings. The molecule has 0 aliphatic carbocycles. The minimum Gasteiger partial charge on any atom is -0.544 e. The average molecular weight is 718 g/mol. The summed E-state index contributed by atoms with van der Waals surface area (Å²) in [5, 5.41) is 1.44. The van der Waals surface area contributed by atoms with Gasteiger partial charge in [0.15, 0.2) is 0 Å². The molecule has 1 unspecified atom stereocenters. The molecular weight excluding hydrogens is 659 g/mol. The molecule has 0 bridgehead atoms. The Morgan fingerprint density at radius 1 is 0.714 bits per heavy atom. The molecule has 49 heavy (non-hydrogen) atoms. The maximum absolute atomic E-state index is 6.76. The Balaban J connectivity index is 1.48. The zero-order valence-corrected chi connectivity index (χ0v) is 34.7. The van der Waals surface area contributed by atoms with E-state index in [1.54, 1.807) is 0 Å². The second-order valence-electron chi connectivity index (χ2n) is 16.7. The van der Waals surface area contributed by atoms with Crippen LogP contribution in [0.3, 0.4) is 0 Å².